The van der Waals surface area contributed by atoms with Gasteiger partial charge in [-0.2, -0.15) is 0 Å². The SMILES string of the molecule is Cc1sc(NC(=O)CCCCC(=O)Nc2sc(C)c(C)c2C(=O)[O-])c(C(=O)[O-])c1C. The van der Waals surface area contributed by atoms with Gasteiger partial charge >= 0.3 is 0 Å². The largest absolute Gasteiger partial charge is 0.545 e. The van der Waals surface area contributed by atoms with Gasteiger partial charge in [-0.3, -0.25) is 9.59 Å². The highest BCUT2D eigenvalue weighted by molar-refractivity contribution is 7.17. The second-order valence-corrected chi connectivity index (χ2v) is 9.30. The first kappa shape index (κ1) is 23.6. The van der Waals surface area contributed by atoms with Crippen LogP contribution in [-0.2, 0) is 9.59 Å². The fourth-order valence-corrected chi connectivity index (χ4v) is 5.00. The van der Waals surface area contributed by atoms with Crippen molar-refractivity contribution in [3.63, 3.8) is 0 Å². The Labute approximate surface area is 181 Å². The van der Waals surface area contributed by atoms with Crippen molar-refractivity contribution < 1.29 is 29.4 Å². The monoisotopic (exact) mass is 450 g/mol. The van der Waals surface area contributed by atoms with Crippen LogP contribution in [0.25, 0.3) is 0 Å². The fraction of sp³-hybridized carbons (Fsp3) is 0.400. The quantitative estimate of drug-likeness (QED) is 0.560. The lowest BCUT2D eigenvalue weighted by Crippen LogP contribution is -2.25. The number of hydrogen-bond donors (Lipinski definition) is 2. The van der Waals surface area contributed by atoms with E-state index in [-0.39, 0.29) is 45.8 Å². The van der Waals surface area contributed by atoms with Crippen LogP contribution in [0.5, 0.6) is 0 Å². The molecule has 2 amide bonds. The van der Waals surface area contributed by atoms with Crippen molar-refractivity contribution >= 4 is 56.4 Å². The molecule has 0 atom stereocenters. The van der Waals surface area contributed by atoms with Gasteiger partial charge in [0.1, 0.15) is 10.0 Å². The summed E-state index contributed by atoms with van der Waals surface area (Å²) >= 11 is 2.36. The number of carbonyl (C=O) groups is 4. The van der Waals surface area contributed by atoms with Gasteiger partial charge in [-0.1, -0.05) is 0 Å². The van der Waals surface area contributed by atoms with Crippen LogP contribution in [0.1, 0.15) is 67.3 Å². The van der Waals surface area contributed by atoms with Crippen LogP contribution in [0.3, 0.4) is 0 Å². The number of unbranched alkanes of at least 4 members (excludes halogenated alkanes) is 1. The molecule has 162 valence electrons. The Kier molecular flexibility index (Phi) is 7.74. The molecule has 0 aliphatic carbocycles. The van der Waals surface area contributed by atoms with Gasteiger partial charge in [-0.05, 0) is 51.7 Å². The lowest BCUT2D eigenvalue weighted by atomic mass is 10.1. The first-order valence-corrected chi connectivity index (χ1v) is 10.9. The van der Waals surface area contributed by atoms with Crippen LogP contribution in [0, 0.1) is 27.7 Å². The third-order valence-corrected chi connectivity index (χ3v) is 6.99. The summed E-state index contributed by atoms with van der Waals surface area (Å²) in [5.74, 6) is -3.36. The van der Waals surface area contributed by atoms with Crippen molar-refractivity contribution in [1.29, 1.82) is 0 Å². The molecule has 0 aliphatic rings. The number of carbonyl (C=O) groups excluding carboxylic acids is 4. The highest BCUT2D eigenvalue weighted by atomic mass is 32.1. The molecule has 10 heteroatoms. The first-order valence-electron chi connectivity index (χ1n) is 9.25. The fourth-order valence-electron chi connectivity index (χ4n) is 2.87. The first-order chi connectivity index (χ1) is 14.0. The van der Waals surface area contributed by atoms with Crippen molar-refractivity contribution in [2.75, 3.05) is 10.6 Å². The summed E-state index contributed by atoms with van der Waals surface area (Å²) in [6.07, 6.45) is 1.08. The van der Waals surface area contributed by atoms with Gasteiger partial charge in [0.05, 0.1) is 11.9 Å². The van der Waals surface area contributed by atoms with Crippen LogP contribution in [0.15, 0.2) is 0 Å². The second kappa shape index (κ2) is 9.86. The Morgan fingerprint density at radius 3 is 1.33 bits per heavy atom. The van der Waals surface area contributed by atoms with Gasteiger partial charge in [0.15, 0.2) is 0 Å². The molecule has 0 aliphatic heterocycles. The number of hydrogen-bond acceptors (Lipinski definition) is 8. The molecule has 2 N–H and O–H groups in total. The maximum atomic E-state index is 12.1. The summed E-state index contributed by atoms with van der Waals surface area (Å²) in [5, 5.41) is 28.2. The molecule has 0 bridgehead atoms. The molecule has 0 saturated carbocycles. The molecule has 0 spiro atoms. The van der Waals surface area contributed by atoms with E-state index >= 15 is 0 Å². The zero-order chi connectivity index (χ0) is 22.6. The third kappa shape index (κ3) is 5.45. The van der Waals surface area contributed by atoms with Crippen LogP contribution < -0.4 is 20.8 Å². The van der Waals surface area contributed by atoms with Gasteiger partial charge in [0.2, 0.25) is 11.8 Å². The zero-order valence-corrected chi connectivity index (χ0v) is 18.7. The van der Waals surface area contributed by atoms with Crippen LogP contribution in [-0.4, -0.2) is 23.8 Å². The normalized spacial score (nSPS) is 10.7. The number of aryl methyl sites for hydroxylation is 2. The molecule has 8 nitrogen and oxygen atoms in total. The summed E-state index contributed by atoms with van der Waals surface area (Å²) in [6.45, 7) is 6.85. The number of nitrogens with one attached hydrogen (secondary N) is 2. The van der Waals surface area contributed by atoms with E-state index in [1.165, 1.54) is 22.7 Å². The molecule has 2 aromatic rings. The molecule has 0 radical (unpaired) electrons. The Morgan fingerprint density at radius 2 is 1.03 bits per heavy atom. The number of carboxylic acid groups (broad SMARTS) is 2. The summed E-state index contributed by atoms with van der Waals surface area (Å²) < 4.78 is 0. The molecule has 2 aromatic heterocycles. The number of aromatic carboxylic acids is 2. The molecule has 0 aromatic carbocycles. The van der Waals surface area contributed by atoms with E-state index in [1.807, 2.05) is 0 Å². The van der Waals surface area contributed by atoms with Gasteiger partial charge in [-0.15, -0.1) is 22.7 Å². The average molecular weight is 451 g/mol. The van der Waals surface area contributed by atoms with E-state index in [4.69, 9.17) is 0 Å². The number of amides is 2. The topological polar surface area (TPSA) is 138 Å². The van der Waals surface area contributed by atoms with Crippen LogP contribution in [0.2, 0.25) is 0 Å². The van der Waals surface area contributed by atoms with Gasteiger partial charge in [0.25, 0.3) is 0 Å². The summed E-state index contributed by atoms with van der Waals surface area (Å²) in [4.78, 5) is 48.3. The molecular weight excluding hydrogens is 428 g/mol. The maximum Gasteiger partial charge on any atom is 0.224 e. The van der Waals surface area contributed by atoms with Crippen molar-refractivity contribution in [1.82, 2.24) is 0 Å². The zero-order valence-electron chi connectivity index (χ0n) is 17.1. The molecule has 0 unspecified atom stereocenters. The van der Waals surface area contributed by atoms with Crippen molar-refractivity contribution in [3.8, 4) is 0 Å². The van der Waals surface area contributed by atoms with Gasteiger partial charge in [0, 0.05) is 33.7 Å². The Balaban J connectivity index is 1.83. The lowest BCUT2D eigenvalue weighted by Gasteiger charge is -2.09. The van der Waals surface area contributed by atoms with E-state index in [0.717, 1.165) is 9.75 Å². The predicted molar refractivity (Wildman–Crippen MR) is 112 cm³/mol. The summed E-state index contributed by atoms with van der Waals surface area (Å²) in [7, 11) is 0. The number of thiophene rings is 2. The van der Waals surface area contributed by atoms with Crippen molar-refractivity contribution in [2.45, 2.75) is 53.4 Å². The summed E-state index contributed by atoms with van der Waals surface area (Å²) in [6, 6.07) is 0. The predicted octanol–water partition coefficient (Wildman–Crippen LogP) is 1.91. The minimum atomic E-state index is -1.33. The standard InChI is InChI=1S/C20H24N2O6S2/c1-9-11(3)29-17(15(9)19(25)26)21-13(23)7-5-6-8-14(24)22-18-16(20(27)28)10(2)12(4)30-18/h5-8H2,1-4H3,(H,21,23)(H,22,24)(H,25,26)(H,27,28)/p-2. The van der Waals surface area contributed by atoms with Gasteiger partial charge in [-0.25, -0.2) is 0 Å². The Morgan fingerprint density at radius 1 is 0.700 bits per heavy atom. The maximum absolute atomic E-state index is 12.1. The molecule has 0 fully saturated rings. The third-order valence-electron chi connectivity index (χ3n) is 4.74. The summed E-state index contributed by atoms with van der Waals surface area (Å²) in [5.41, 5.74) is 1.13. The lowest BCUT2D eigenvalue weighted by molar-refractivity contribution is -0.256. The van der Waals surface area contributed by atoms with Crippen molar-refractivity contribution in [3.05, 3.63) is 32.0 Å². The molecule has 2 rings (SSSR count). The average Bonchev–Trinajstić information content (AvgIpc) is 3.07. The van der Waals surface area contributed by atoms with Gasteiger partial charge < -0.3 is 30.4 Å². The molecule has 0 saturated heterocycles. The second-order valence-electron chi connectivity index (χ2n) is 6.85. The number of carboxylic acids is 2. The molecule has 30 heavy (non-hydrogen) atoms. The van der Waals surface area contributed by atoms with E-state index in [2.05, 4.69) is 10.6 Å². The minimum absolute atomic E-state index is 0.00418. The van der Waals surface area contributed by atoms with E-state index < -0.39 is 11.9 Å². The Hall–Kier alpha value is -2.72. The number of anilines is 2. The van der Waals surface area contributed by atoms with Crippen LogP contribution >= 0.6 is 22.7 Å². The van der Waals surface area contributed by atoms with E-state index in [9.17, 15) is 29.4 Å². The highest BCUT2D eigenvalue weighted by Crippen LogP contribution is 2.33. The van der Waals surface area contributed by atoms with E-state index in [0.29, 0.717) is 24.0 Å². The van der Waals surface area contributed by atoms with Crippen molar-refractivity contribution in [2.24, 2.45) is 0 Å². The molecular formula is C20H22N2O6S2-2. The minimum Gasteiger partial charge on any atom is -0.545 e. The smallest absolute Gasteiger partial charge is 0.224 e. The molecule has 2 heterocycles. The number of rotatable bonds is 9. The Bertz CT molecular complexity index is 925. The van der Waals surface area contributed by atoms with Crippen LogP contribution in [0.4, 0.5) is 10.0 Å². The van der Waals surface area contributed by atoms with E-state index in [1.54, 1.807) is 27.7 Å². The highest BCUT2D eigenvalue weighted by Gasteiger charge is 2.17.